The minimum Gasteiger partial charge on any atom is -0.462 e. The molecule has 0 aromatic carbocycles. The SMILES string of the molecule is CCCCCCCCCCCC(=O)OCC(COC(=O)CCCCCCCCCCC)O[13C](=O)CCCCC. The van der Waals surface area contributed by atoms with Crippen molar-refractivity contribution in [2.75, 3.05) is 13.2 Å². The maximum atomic E-state index is 12.2. The highest BCUT2D eigenvalue weighted by molar-refractivity contribution is 5.71. The summed E-state index contributed by atoms with van der Waals surface area (Å²) < 4.78 is 16.3. The quantitative estimate of drug-likeness (QED) is 0.0396. The molecule has 0 fully saturated rings. The maximum Gasteiger partial charge on any atom is 0.306 e. The molecule has 0 spiro atoms. The van der Waals surface area contributed by atoms with Crippen LogP contribution in [0.2, 0.25) is 0 Å². The van der Waals surface area contributed by atoms with E-state index in [-0.39, 0.29) is 31.1 Å². The van der Waals surface area contributed by atoms with Crippen LogP contribution in [-0.2, 0) is 28.6 Å². The second-order valence-corrected chi connectivity index (χ2v) is 11.1. The summed E-state index contributed by atoms with van der Waals surface area (Å²) in [5, 5.41) is 0. The van der Waals surface area contributed by atoms with E-state index >= 15 is 0 Å². The monoisotopic (exact) mass is 555 g/mol. The highest BCUT2D eigenvalue weighted by Crippen LogP contribution is 2.13. The number of rotatable bonds is 29. The summed E-state index contributed by atoms with van der Waals surface area (Å²) in [7, 11) is 0. The lowest BCUT2D eigenvalue weighted by Crippen LogP contribution is -2.30. The molecule has 0 aromatic rings. The van der Waals surface area contributed by atoms with Crippen molar-refractivity contribution in [3.8, 4) is 0 Å². The molecule has 0 aliphatic heterocycles. The third-order valence-corrected chi connectivity index (χ3v) is 7.11. The average Bonchev–Trinajstić information content (AvgIpc) is 2.92. The number of carbonyl (C=O) groups excluding carboxylic acids is 3. The first kappa shape index (κ1) is 37.4. The van der Waals surface area contributed by atoms with Crippen LogP contribution in [0.4, 0.5) is 0 Å². The standard InChI is InChI=1S/C33H62O6/c1-4-7-10-12-14-16-18-20-23-25-31(34)37-28-30(39-33(36)27-22-9-6-3)29-38-32(35)26-24-21-19-17-15-13-11-8-5-2/h30H,4-29H2,1-3H3/i33+1. The number of ether oxygens (including phenoxy) is 3. The van der Waals surface area contributed by atoms with E-state index in [1.807, 2.05) is 0 Å². The third kappa shape index (κ3) is 27.8. The fourth-order valence-corrected chi connectivity index (χ4v) is 4.56. The molecule has 0 radical (unpaired) electrons. The second-order valence-electron chi connectivity index (χ2n) is 11.1. The molecule has 0 N–H and O–H groups in total. The number of carbonyl (C=O) groups is 3. The van der Waals surface area contributed by atoms with Crippen LogP contribution < -0.4 is 0 Å². The lowest BCUT2D eigenvalue weighted by Gasteiger charge is -2.18. The zero-order valence-electron chi connectivity index (χ0n) is 25.9. The van der Waals surface area contributed by atoms with Gasteiger partial charge in [-0.25, -0.2) is 0 Å². The third-order valence-electron chi connectivity index (χ3n) is 7.11. The van der Waals surface area contributed by atoms with Gasteiger partial charge in [0.1, 0.15) is 13.2 Å². The van der Waals surface area contributed by atoms with Crippen LogP contribution in [0.3, 0.4) is 0 Å². The summed E-state index contributed by atoms with van der Waals surface area (Å²) in [5.74, 6) is -0.907. The van der Waals surface area contributed by atoms with Gasteiger partial charge in [-0.1, -0.05) is 136 Å². The molecule has 39 heavy (non-hydrogen) atoms. The van der Waals surface area contributed by atoms with Gasteiger partial charge in [-0.15, -0.1) is 0 Å². The zero-order chi connectivity index (χ0) is 28.8. The van der Waals surface area contributed by atoms with E-state index < -0.39 is 6.10 Å². The van der Waals surface area contributed by atoms with Crippen molar-refractivity contribution >= 4 is 17.9 Å². The van der Waals surface area contributed by atoms with E-state index in [1.165, 1.54) is 77.0 Å². The number of hydrogen-bond donors (Lipinski definition) is 0. The van der Waals surface area contributed by atoms with E-state index in [1.54, 1.807) is 0 Å². The topological polar surface area (TPSA) is 78.9 Å². The van der Waals surface area contributed by atoms with Crippen molar-refractivity contribution in [2.24, 2.45) is 0 Å². The molecule has 0 aromatic heterocycles. The number of unbranched alkanes of at least 4 members (excludes halogenated alkanes) is 18. The normalized spacial score (nSPS) is 11.1. The van der Waals surface area contributed by atoms with Gasteiger partial charge < -0.3 is 14.2 Å². The molecule has 0 aliphatic carbocycles. The molecule has 0 bridgehead atoms. The van der Waals surface area contributed by atoms with Crippen LogP contribution in [0.5, 0.6) is 0 Å². The van der Waals surface area contributed by atoms with Gasteiger partial charge in [0.2, 0.25) is 0 Å². The van der Waals surface area contributed by atoms with Crippen molar-refractivity contribution in [3.63, 3.8) is 0 Å². The summed E-state index contributed by atoms with van der Waals surface area (Å²) in [6.45, 7) is 6.39. The first-order valence-electron chi connectivity index (χ1n) is 16.5. The molecule has 230 valence electrons. The Bertz CT molecular complexity index is 539. The molecule has 0 amide bonds. The number of esters is 3. The van der Waals surface area contributed by atoms with Crippen molar-refractivity contribution in [1.29, 1.82) is 0 Å². The van der Waals surface area contributed by atoms with Gasteiger partial charge in [0.05, 0.1) is 0 Å². The van der Waals surface area contributed by atoms with Crippen LogP contribution in [0.1, 0.15) is 175 Å². The Kier molecular flexibility index (Phi) is 28.2. The van der Waals surface area contributed by atoms with E-state index in [0.717, 1.165) is 57.8 Å². The summed E-state index contributed by atoms with van der Waals surface area (Å²) in [5.41, 5.74) is 0. The zero-order valence-corrected chi connectivity index (χ0v) is 25.9. The fraction of sp³-hybridized carbons (Fsp3) is 0.909. The molecular formula is C33H62O6. The highest BCUT2D eigenvalue weighted by atomic mass is 16.7. The number of hydrogen-bond acceptors (Lipinski definition) is 6. The lowest BCUT2D eigenvalue weighted by molar-refractivity contribution is -0.167. The van der Waals surface area contributed by atoms with Gasteiger partial charge in [0.25, 0.3) is 0 Å². The van der Waals surface area contributed by atoms with Gasteiger partial charge in [0, 0.05) is 19.3 Å². The van der Waals surface area contributed by atoms with E-state index in [2.05, 4.69) is 20.8 Å². The van der Waals surface area contributed by atoms with Gasteiger partial charge >= 0.3 is 17.9 Å². The fourth-order valence-electron chi connectivity index (χ4n) is 4.56. The molecular weight excluding hydrogens is 493 g/mol. The van der Waals surface area contributed by atoms with Crippen LogP contribution in [0.25, 0.3) is 0 Å². The van der Waals surface area contributed by atoms with Gasteiger partial charge in [-0.2, -0.15) is 0 Å². The minimum atomic E-state index is -0.752. The van der Waals surface area contributed by atoms with E-state index in [0.29, 0.717) is 19.3 Å². The average molecular weight is 556 g/mol. The summed E-state index contributed by atoms with van der Waals surface area (Å²) in [6.07, 6.45) is 24.4. The van der Waals surface area contributed by atoms with Crippen LogP contribution in [0.15, 0.2) is 0 Å². The molecule has 0 saturated carbocycles. The lowest BCUT2D eigenvalue weighted by atomic mass is 10.1. The Morgan fingerprint density at radius 1 is 0.410 bits per heavy atom. The Labute approximate surface area is 240 Å². The van der Waals surface area contributed by atoms with Crippen LogP contribution >= 0.6 is 0 Å². The van der Waals surface area contributed by atoms with Crippen molar-refractivity contribution in [1.82, 2.24) is 0 Å². The molecule has 0 atom stereocenters. The summed E-state index contributed by atoms with van der Waals surface area (Å²) >= 11 is 0. The summed E-state index contributed by atoms with van der Waals surface area (Å²) in [4.78, 5) is 36.7. The van der Waals surface area contributed by atoms with Gasteiger partial charge in [-0.3, -0.25) is 14.4 Å². The first-order chi connectivity index (χ1) is 19.0. The first-order valence-corrected chi connectivity index (χ1v) is 16.5. The Hall–Kier alpha value is -1.59. The smallest absolute Gasteiger partial charge is 0.306 e. The molecule has 0 rings (SSSR count). The molecule has 6 heteroatoms. The van der Waals surface area contributed by atoms with Gasteiger partial charge in [0.15, 0.2) is 6.10 Å². The van der Waals surface area contributed by atoms with E-state index in [4.69, 9.17) is 14.2 Å². The molecule has 0 aliphatic rings. The molecule has 6 nitrogen and oxygen atoms in total. The predicted octanol–water partition coefficient (Wildman–Crippen LogP) is 9.41. The molecule has 0 heterocycles. The van der Waals surface area contributed by atoms with Crippen molar-refractivity contribution < 1.29 is 28.6 Å². The van der Waals surface area contributed by atoms with Crippen LogP contribution in [-0.4, -0.2) is 37.2 Å². The van der Waals surface area contributed by atoms with E-state index in [9.17, 15) is 14.4 Å². The largest absolute Gasteiger partial charge is 0.462 e. The van der Waals surface area contributed by atoms with Crippen molar-refractivity contribution in [3.05, 3.63) is 0 Å². The van der Waals surface area contributed by atoms with Crippen LogP contribution in [0, 0.1) is 0 Å². The highest BCUT2D eigenvalue weighted by Gasteiger charge is 2.19. The maximum absolute atomic E-state index is 12.2. The minimum absolute atomic E-state index is 0.0684. The Morgan fingerprint density at radius 2 is 0.692 bits per heavy atom. The van der Waals surface area contributed by atoms with Crippen molar-refractivity contribution in [2.45, 2.75) is 181 Å². The predicted molar refractivity (Wildman–Crippen MR) is 160 cm³/mol. The van der Waals surface area contributed by atoms with Gasteiger partial charge in [-0.05, 0) is 19.3 Å². The Balaban J connectivity index is 4.19. The summed E-state index contributed by atoms with van der Waals surface area (Å²) in [6, 6.07) is 0. The second kappa shape index (κ2) is 29.4. The Morgan fingerprint density at radius 3 is 1.08 bits per heavy atom. The molecule has 0 unspecified atom stereocenters. The molecule has 0 saturated heterocycles.